The number of carbonyl (C=O) groups is 4. The van der Waals surface area contributed by atoms with E-state index in [2.05, 4.69) is 28.6 Å². The molecule has 0 bridgehead atoms. The van der Waals surface area contributed by atoms with Crippen LogP contribution in [0.4, 0.5) is 0 Å². The molecule has 0 aliphatic rings. The molecule has 0 aromatic heterocycles. The van der Waals surface area contributed by atoms with Gasteiger partial charge in [0.2, 0.25) is 17.7 Å². The van der Waals surface area contributed by atoms with E-state index in [1.54, 1.807) is 26.0 Å². The van der Waals surface area contributed by atoms with Crippen LogP contribution in [0.2, 0.25) is 0 Å². The van der Waals surface area contributed by atoms with Crippen molar-refractivity contribution >= 4 is 36.3 Å². The van der Waals surface area contributed by atoms with Crippen LogP contribution >= 0.6 is 12.6 Å². The molecular weight excluding hydrogens is 474 g/mol. The molecule has 0 radical (unpaired) electrons. The minimum atomic E-state index is -1.25. The minimum absolute atomic E-state index is 0.0144. The highest BCUT2D eigenvalue weighted by Crippen LogP contribution is 2.12. The van der Waals surface area contributed by atoms with Gasteiger partial charge in [0.1, 0.15) is 23.9 Å². The number of phenolic OH excluding ortho intramolecular Hbond substituents is 1. The van der Waals surface area contributed by atoms with Crippen molar-refractivity contribution in [1.82, 2.24) is 16.0 Å². The van der Waals surface area contributed by atoms with Crippen LogP contribution in [0.25, 0.3) is 0 Å². The highest BCUT2D eigenvalue weighted by molar-refractivity contribution is 7.80. The number of nitrogens with one attached hydrogen (secondary N) is 3. The number of rotatable bonds is 15. The van der Waals surface area contributed by atoms with Crippen LogP contribution in [-0.4, -0.2) is 70.4 Å². The third-order valence-corrected chi connectivity index (χ3v) is 5.74. The van der Waals surface area contributed by atoms with E-state index in [9.17, 15) is 29.4 Å². The van der Waals surface area contributed by atoms with Gasteiger partial charge in [-0.1, -0.05) is 26.0 Å². The SMILES string of the molecule is CC(C)C(NC(=O)C(CCCCN)NC(=O)C(N)CS)C(=O)NC(Cc1ccc(O)cc1)C(=O)O. The van der Waals surface area contributed by atoms with Gasteiger partial charge in [0.05, 0.1) is 6.04 Å². The number of carboxylic acid groups (broad SMARTS) is 1. The summed E-state index contributed by atoms with van der Waals surface area (Å²) in [6.07, 6.45) is 1.49. The summed E-state index contributed by atoms with van der Waals surface area (Å²) in [5.74, 6) is -3.28. The summed E-state index contributed by atoms with van der Waals surface area (Å²) < 4.78 is 0. The first-order valence-electron chi connectivity index (χ1n) is 11.5. The quantitative estimate of drug-likeness (QED) is 0.114. The normalized spacial score (nSPS) is 14.5. The van der Waals surface area contributed by atoms with Crippen molar-refractivity contribution in [3.63, 3.8) is 0 Å². The van der Waals surface area contributed by atoms with E-state index < -0.39 is 47.9 Å². The summed E-state index contributed by atoms with van der Waals surface area (Å²) in [6, 6.07) is 1.82. The highest BCUT2D eigenvalue weighted by Gasteiger charge is 2.31. The molecular formula is C23H37N5O6S. The number of amides is 3. The van der Waals surface area contributed by atoms with Crippen molar-refractivity contribution in [2.45, 2.75) is 63.7 Å². The molecule has 196 valence electrons. The van der Waals surface area contributed by atoms with Crippen molar-refractivity contribution < 1.29 is 29.4 Å². The molecule has 0 spiro atoms. The summed E-state index contributed by atoms with van der Waals surface area (Å²) in [7, 11) is 0. The number of carbonyl (C=O) groups excluding carboxylic acids is 3. The Bertz CT molecular complexity index is 851. The van der Waals surface area contributed by atoms with Gasteiger partial charge in [-0.2, -0.15) is 12.6 Å². The Morgan fingerprint density at radius 1 is 0.943 bits per heavy atom. The van der Waals surface area contributed by atoms with Crippen molar-refractivity contribution in [1.29, 1.82) is 0 Å². The van der Waals surface area contributed by atoms with E-state index in [0.717, 1.165) is 0 Å². The van der Waals surface area contributed by atoms with Crippen molar-refractivity contribution in [3.05, 3.63) is 29.8 Å². The largest absolute Gasteiger partial charge is 0.508 e. The lowest BCUT2D eigenvalue weighted by molar-refractivity contribution is -0.142. The molecule has 11 nitrogen and oxygen atoms in total. The molecule has 4 atom stereocenters. The number of benzene rings is 1. The number of hydrogen-bond acceptors (Lipinski definition) is 8. The molecule has 12 heteroatoms. The van der Waals surface area contributed by atoms with Crippen molar-refractivity contribution in [2.75, 3.05) is 12.3 Å². The van der Waals surface area contributed by atoms with Crippen LogP contribution in [0.15, 0.2) is 24.3 Å². The monoisotopic (exact) mass is 511 g/mol. The van der Waals surface area contributed by atoms with Gasteiger partial charge in [-0.25, -0.2) is 4.79 Å². The second-order valence-electron chi connectivity index (χ2n) is 8.63. The Morgan fingerprint density at radius 3 is 2.06 bits per heavy atom. The summed E-state index contributed by atoms with van der Waals surface area (Å²) in [5, 5.41) is 26.7. The third-order valence-electron chi connectivity index (χ3n) is 5.35. The number of hydrogen-bond donors (Lipinski definition) is 8. The Labute approximate surface area is 210 Å². The number of unbranched alkanes of at least 4 members (excludes halogenated alkanes) is 1. The molecule has 1 aromatic rings. The van der Waals surface area contributed by atoms with Gasteiger partial charge in [0.25, 0.3) is 0 Å². The van der Waals surface area contributed by atoms with E-state index in [1.807, 2.05) is 0 Å². The van der Waals surface area contributed by atoms with Gasteiger partial charge in [-0.3, -0.25) is 14.4 Å². The predicted molar refractivity (Wildman–Crippen MR) is 135 cm³/mol. The number of phenols is 1. The lowest BCUT2D eigenvalue weighted by Crippen LogP contribution is -2.58. The Balaban J connectivity index is 2.95. The molecule has 9 N–H and O–H groups in total. The zero-order chi connectivity index (χ0) is 26.5. The van der Waals surface area contributed by atoms with Crippen LogP contribution in [0.1, 0.15) is 38.7 Å². The second kappa shape index (κ2) is 15.2. The topological polar surface area (TPSA) is 197 Å². The fourth-order valence-corrected chi connectivity index (χ4v) is 3.41. The zero-order valence-corrected chi connectivity index (χ0v) is 21.0. The van der Waals surface area contributed by atoms with Gasteiger partial charge < -0.3 is 37.6 Å². The Morgan fingerprint density at radius 2 is 1.54 bits per heavy atom. The number of nitrogens with two attached hydrogens (primary N) is 2. The molecule has 35 heavy (non-hydrogen) atoms. The van der Waals surface area contributed by atoms with Crippen LogP contribution < -0.4 is 27.4 Å². The smallest absolute Gasteiger partial charge is 0.326 e. The average Bonchev–Trinajstić information content (AvgIpc) is 2.81. The third kappa shape index (κ3) is 10.5. The maximum Gasteiger partial charge on any atom is 0.326 e. The number of carboxylic acids is 1. The molecule has 3 amide bonds. The maximum absolute atomic E-state index is 13.0. The summed E-state index contributed by atoms with van der Waals surface area (Å²) >= 11 is 4.00. The van der Waals surface area contributed by atoms with E-state index in [0.29, 0.717) is 31.4 Å². The first-order chi connectivity index (χ1) is 16.5. The molecule has 1 aromatic carbocycles. The summed E-state index contributed by atoms with van der Waals surface area (Å²) in [6.45, 7) is 3.84. The maximum atomic E-state index is 13.0. The van der Waals surface area contributed by atoms with Crippen LogP contribution in [0.5, 0.6) is 5.75 Å². The van der Waals surface area contributed by atoms with Crippen LogP contribution in [-0.2, 0) is 25.6 Å². The summed E-state index contributed by atoms with van der Waals surface area (Å²) in [4.78, 5) is 50.0. The first kappa shape index (κ1) is 30.2. The lowest BCUT2D eigenvalue weighted by Gasteiger charge is -2.27. The number of aromatic hydroxyl groups is 1. The van der Waals surface area contributed by atoms with Gasteiger partial charge >= 0.3 is 5.97 Å². The molecule has 0 saturated heterocycles. The molecule has 1 rings (SSSR count). The standard InChI is InChI=1S/C23H37N5O6S/c1-13(2)19(22(32)27-18(23(33)34)11-14-6-8-15(29)9-7-14)28-21(31)17(5-3-4-10-24)26-20(30)16(25)12-35/h6-9,13,16-19,29,35H,3-5,10-12,24-25H2,1-2H3,(H,26,30)(H,27,32)(H,28,31)(H,33,34). The lowest BCUT2D eigenvalue weighted by atomic mass is 10.00. The molecule has 0 fully saturated rings. The highest BCUT2D eigenvalue weighted by atomic mass is 32.1. The first-order valence-corrected chi connectivity index (χ1v) is 12.1. The molecule has 0 saturated carbocycles. The van der Waals surface area contributed by atoms with Gasteiger partial charge in [0.15, 0.2) is 0 Å². The summed E-state index contributed by atoms with van der Waals surface area (Å²) in [5.41, 5.74) is 11.8. The Kier molecular flexibility index (Phi) is 13.1. The Hall–Kier alpha value is -2.83. The predicted octanol–water partition coefficient (Wildman–Crippen LogP) is -0.484. The molecule has 4 unspecified atom stereocenters. The molecule has 0 heterocycles. The second-order valence-corrected chi connectivity index (χ2v) is 9.00. The van der Waals surface area contributed by atoms with Crippen LogP contribution in [0, 0.1) is 5.92 Å². The van der Waals surface area contributed by atoms with Gasteiger partial charge in [-0.05, 0) is 49.4 Å². The van der Waals surface area contributed by atoms with E-state index >= 15 is 0 Å². The van der Waals surface area contributed by atoms with E-state index in [4.69, 9.17) is 11.5 Å². The van der Waals surface area contributed by atoms with Gasteiger partial charge in [-0.15, -0.1) is 0 Å². The zero-order valence-electron chi connectivity index (χ0n) is 20.1. The average molecular weight is 512 g/mol. The van der Waals surface area contributed by atoms with E-state index in [-0.39, 0.29) is 23.8 Å². The van der Waals surface area contributed by atoms with E-state index in [1.165, 1.54) is 12.1 Å². The van der Waals surface area contributed by atoms with Crippen molar-refractivity contribution in [3.8, 4) is 5.75 Å². The van der Waals surface area contributed by atoms with Crippen molar-refractivity contribution in [2.24, 2.45) is 17.4 Å². The molecule has 0 aliphatic heterocycles. The minimum Gasteiger partial charge on any atom is -0.508 e. The van der Waals surface area contributed by atoms with Gasteiger partial charge in [0, 0.05) is 12.2 Å². The fraction of sp³-hybridized carbons (Fsp3) is 0.565. The fourth-order valence-electron chi connectivity index (χ4n) is 3.24. The number of thiol groups is 1. The van der Waals surface area contributed by atoms with Crippen LogP contribution in [0.3, 0.4) is 0 Å². The number of aliphatic carboxylic acids is 1. The molecule has 0 aliphatic carbocycles.